The van der Waals surface area contributed by atoms with Gasteiger partial charge >= 0.3 is 0 Å². The van der Waals surface area contributed by atoms with Gasteiger partial charge in [-0.25, -0.2) is 8.42 Å². The van der Waals surface area contributed by atoms with Gasteiger partial charge in [0, 0.05) is 18.6 Å². The highest BCUT2D eigenvalue weighted by atomic mass is 32.2. The van der Waals surface area contributed by atoms with Gasteiger partial charge in [-0.1, -0.05) is 6.07 Å². The first kappa shape index (κ1) is 11.5. The summed E-state index contributed by atoms with van der Waals surface area (Å²) >= 11 is 0. The quantitative estimate of drug-likeness (QED) is 0.878. The topological polar surface area (TPSA) is 85.9 Å². The number of hydrogen-bond acceptors (Lipinski definition) is 5. The van der Waals surface area contributed by atoms with Gasteiger partial charge < -0.3 is 5.73 Å². The molecule has 2 rings (SSSR count). The van der Waals surface area contributed by atoms with Crippen molar-refractivity contribution in [1.82, 2.24) is 9.97 Å². The lowest BCUT2D eigenvalue weighted by Crippen LogP contribution is -2.08. The molecule has 0 aliphatic carbocycles. The third kappa shape index (κ3) is 2.59. The van der Waals surface area contributed by atoms with Crippen LogP contribution in [-0.2, 0) is 15.6 Å². The lowest BCUT2D eigenvalue weighted by atomic mass is 10.3. The number of sulfone groups is 1. The molecular formula is C11H11N3O2S. The van der Waals surface area contributed by atoms with Crippen LogP contribution in [0.15, 0.2) is 47.9 Å². The monoisotopic (exact) mass is 249 g/mol. The smallest absolute Gasteiger partial charge is 0.184 e. The summed E-state index contributed by atoms with van der Waals surface area (Å²) in [6.45, 7) is 0. The SMILES string of the molecule is Nc1cnccc1S(=O)(=O)Cc1cccnc1. The molecule has 0 aliphatic heterocycles. The molecule has 0 unspecified atom stereocenters. The average Bonchev–Trinajstić information content (AvgIpc) is 2.30. The van der Waals surface area contributed by atoms with Crippen LogP contribution in [-0.4, -0.2) is 18.4 Å². The fourth-order valence-corrected chi connectivity index (χ4v) is 2.90. The number of rotatable bonds is 3. The maximum absolute atomic E-state index is 12.1. The third-order valence-corrected chi connectivity index (χ3v) is 3.98. The Labute approximate surface area is 99.3 Å². The molecule has 2 aromatic rings. The Balaban J connectivity index is 2.36. The zero-order valence-corrected chi connectivity index (χ0v) is 9.76. The van der Waals surface area contributed by atoms with Crippen LogP contribution < -0.4 is 5.73 Å². The van der Waals surface area contributed by atoms with E-state index in [9.17, 15) is 8.42 Å². The van der Waals surface area contributed by atoms with Gasteiger partial charge in [-0.15, -0.1) is 0 Å². The summed E-state index contributed by atoms with van der Waals surface area (Å²) in [6, 6.07) is 4.81. The minimum atomic E-state index is -3.45. The van der Waals surface area contributed by atoms with E-state index in [1.807, 2.05) is 0 Å². The molecule has 0 amide bonds. The van der Waals surface area contributed by atoms with Gasteiger partial charge in [0.05, 0.1) is 22.5 Å². The van der Waals surface area contributed by atoms with Crippen molar-refractivity contribution in [1.29, 1.82) is 0 Å². The minimum absolute atomic E-state index is 0.108. The van der Waals surface area contributed by atoms with Crippen molar-refractivity contribution in [3.05, 3.63) is 48.5 Å². The first-order valence-electron chi connectivity index (χ1n) is 4.91. The highest BCUT2D eigenvalue weighted by Crippen LogP contribution is 2.20. The lowest BCUT2D eigenvalue weighted by molar-refractivity contribution is 0.595. The Kier molecular flexibility index (Phi) is 3.06. The molecular weight excluding hydrogens is 238 g/mol. The van der Waals surface area contributed by atoms with Crippen LogP contribution in [0.1, 0.15) is 5.56 Å². The predicted octanol–water partition coefficient (Wildman–Crippen LogP) is 1.03. The van der Waals surface area contributed by atoms with Crippen molar-refractivity contribution in [3.63, 3.8) is 0 Å². The molecule has 0 aliphatic rings. The summed E-state index contributed by atoms with van der Waals surface area (Å²) in [4.78, 5) is 7.75. The number of hydrogen-bond donors (Lipinski definition) is 1. The average molecular weight is 249 g/mol. The Morgan fingerprint density at radius 1 is 1.12 bits per heavy atom. The van der Waals surface area contributed by atoms with Crippen LogP contribution in [0.4, 0.5) is 5.69 Å². The summed E-state index contributed by atoms with van der Waals surface area (Å²) in [6.07, 6.45) is 5.86. The van der Waals surface area contributed by atoms with Gasteiger partial charge in [-0.2, -0.15) is 0 Å². The highest BCUT2D eigenvalue weighted by Gasteiger charge is 2.18. The maximum Gasteiger partial charge on any atom is 0.184 e. The standard InChI is InChI=1S/C11H11N3O2S/c12-10-7-14-5-3-11(10)17(15,16)8-9-2-1-4-13-6-9/h1-7H,8,12H2. The third-order valence-electron chi connectivity index (χ3n) is 2.22. The molecule has 2 N–H and O–H groups in total. The largest absolute Gasteiger partial charge is 0.396 e. The molecule has 0 spiro atoms. The number of nitrogens with zero attached hydrogens (tertiary/aromatic N) is 2. The van der Waals surface area contributed by atoms with Crippen molar-refractivity contribution in [2.45, 2.75) is 10.6 Å². The van der Waals surface area contributed by atoms with Crippen molar-refractivity contribution in [2.24, 2.45) is 0 Å². The summed E-state index contributed by atoms with van der Waals surface area (Å²) in [5, 5.41) is 0. The second-order valence-corrected chi connectivity index (χ2v) is 5.49. The van der Waals surface area contributed by atoms with Crippen LogP contribution in [0.5, 0.6) is 0 Å². The van der Waals surface area contributed by atoms with Crippen LogP contribution in [0.2, 0.25) is 0 Å². The van der Waals surface area contributed by atoms with E-state index in [1.54, 1.807) is 18.3 Å². The van der Waals surface area contributed by atoms with Crippen molar-refractivity contribution in [3.8, 4) is 0 Å². The van der Waals surface area contributed by atoms with E-state index in [2.05, 4.69) is 9.97 Å². The molecule has 6 heteroatoms. The Hall–Kier alpha value is -1.95. The van der Waals surface area contributed by atoms with Gasteiger partial charge in [-0.05, 0) is 17.7 Å². The first-order chi connectivity index (χ1) is 8.09. The van der Waals surface area contributed by atoms with Crippen LogP contribution in [0.25, 0.3) is 0 Å². The van der Waals surface area contributed by atoms with Crippen molar-refractivity contribution >= 4 is 15.5 Å². The summed E-state index contributed by atoms with van der Waals surface area (Å²) < 4.78 is 24.2. The molecule has 0 bridgehead atoms. The number of aromatic nitrogens is 2. The summed E-state index contributed by atoms with van der Waals surface area (Å²) in [5.74, 6) is -0.116. The molecule has 2 heterocycles. The zero-order chi connectivity index (χ0) is 12.3. The Bertz CT molecular complexity index is 612. The van der Waals surface area contributed by atoms with E-state index in [0.29, 0.717) is 5.56 Å². The number of nitrogens with two attached hydrogens (primary N) is 1. The molecule has 5 nitrogen and oxygen atoms in total. The van der Waals surface area contributed by atoms with Gasteiger partial charge in [-0.3, -0.25) is 9.97 Å². The fraction of sp³-hybridized carbons (Fsp3) is 0.0909. The lowest BCUT2D eigenvalue weighted by Gasteiger charge is -2.06. The number of anilines is 1. The van der Waals surface area contributed by atoms with E-state index in [4.69, 9.17) is 5.73 Å². The number of nitrogen functional groups attached to an aromatic ring is 1. The van der Waals surface area contributed by atoms with Crippen LogP contribution in [0.3, 0.4) is 0 Å². The molecule has 0 aromatic carbocycles. The van der Waals surface area contributed by atoms with E-state index in [-0.39, 0.29) is 16.3 Å². The van der Waals surface area contributed by atoms with Gasteiger partial charge in [0.15, 0.2) is 9.84 Å². The van der Waals surface area contributed by atoms with Gasteiger partial charge in [0.2, 0.25) is 0 Å². The molecule has 0 fully saturated rings. The molecule has 0 radical (unpaired) electrons. The summed E-state index contributed by atoms with van der Waals surface area (Å²) in [7, 11) is -3.45. The first-order valence-corrected chi connectivity index (χ1v) is 6.56. The molecule has 0 saturated heterocycles. The number of pyridine rings is 2. The van der Waals surface area contributed by atoms with E-state index in [1.165, 1.54) is 24.7 Å². The molecule has 2 aromatic heterocycles. The zero-order valence-electron chi connectivity index (χ0n) is 8.95. The van der Waals surface area contributed by atoms with E-state index < -0.39 is 9.84 Å². The Morgan fingerprint density at radius 3 is 2.53 bits per heavy atom. The fourth-order valence-electron chi connectivity index (χ4n) is 1.46. The molecule has 0 atom stereocenters. The Morgan fingerprint density at radius 2 is 1.88 bits per heavy atom. The van der Waals surface area contributed by atoms with Crippen molar-refractivity contribution in [2.75, 3.05) is 5.73 Å². The van der Waals surface area contributed by atoms with E-state index in [0.717, 1.165) is 0 Å². The minimum Gasteiger partial charge on any atom is -0.396 e. The second kappa shape index (κ2) is 4.50. The molecule has 88 valence electrons. The van der Waals surface area contributed by atoms with Gasteiger partial charge in [0.1, 0.15) is 0 Å². The maximum atomic E-state index is 12.1. The second-order valence-electron chi connectivity index (χ2n) is 3.53. The molecule has 17 heavy (non-hydrogen) atoms. The van der Waals surface area contributed by atoms with Crippen LogP contribution in [0, 0.1) is 0 Å². The van der Waals surface area contributed by atoms with Crippen molar-refractivity contribution < 1.29 is 8.42 Å². The highest BCUT2D eigenvalue weighted by molar-refractivity contribution is 7.90. The van der Waals surface area contributed by atoms with Crippen LogP contribution >= 0.6 is 0 Å². The molecule has 0 saturated carbocycles. The van der Waals surface area contributed by atoms with Gasteiger partial charge in [0.25, 0.3) is 0 Å². The van der Waals surface area contributed by atoms with E-state index >= 15 is 0 Å². The predicted molar refractivity (Wildman–Crippen MR) is 63.8 cm³/mol. The summed E-state index contributed by atoms with van der Waals surface area (Å²) in [5.41, 5.74) is 6.39. The normalized spacial score (nSPS) is 11.3.